The molecule has 82 valence electrons. The molecule has 0 heterocycles. The van der Waals surface area contributed by atoms with Gasteiger partial charge in [0.25, 0.3) is 0 Å². The molecule has 0 radical (unpaired) electrons. The van der Waals surface area contributed by atoms with Crippen LogP contribution in [-0.2, 0) is 6.42 Å². The number of nitrogens with one attached hydrogen (secondary N) is 1. The van der Waals surface area contributed by atoms with E-state index in [9.17, 15) is 0 Å². The molecule has 1 unspecified atom stereocenters. The number of hydrogen-bond donors (Lipinski definition) is 1. The molecule has 0 bridgehead atoms. The standard InChI is InChI=1S/C14H21N/c1-5-6-14(15-4)10-13-9-11(2)7-8-12(13)3/h5,7-9,14-15H,1,6,10H2,2-4H3. The maximum atomic E-state index is 3.79. The molecule has 0 aliphatic carbocycles. The summed E-state index contributed by atoms with van der Waals surface area (Å²) in [5.41, 5.74) is 4.16. The van der Waals surface area contributed by atoms with Crippen molar-refractivity contribution >= 4 is 0 Å². The van der Waals surface area contributed by atoms with Crippen LogP contribution in [-0.4, -0.2) is 13.1 Å². The first-order chi connectivity index (χ1) is 7.17. The Hall–Kier alpha value is -1.08. The Morgan fingerprint density at radius 1 is 1.40 bits per heavy atom. The van der Waals surface area contributed by atoms with E-state index in [1.807, 2.05) is 13.1 Å². The molecule has 0 fully saturated rings. The Bertz CT molecular complexity index is 328. The molecule has 1 heteroatoms. The molecule has 1 nitrogen and oxygen atoms in total. The van der Waals surface area contributed by atoms with Crippen LogP contribution in [0.1, 0.15) is 23.1 Å². The van der Waals surface area contributed by atoms with E-state index in [0.717, 1.165) is 12.8 Å². The third-order valence-electron chi connectivity index (χ3n) is 2.83. The zero-order valence-electron chi connectivity index (χ0n) is 10.0. The Kier molecular flexibility index (Phi) is 4.57. The van der Waals surface area contributed by atoms with Crippen molar-refractivity contribution in [2.75, 3.05) is 7.05 Å². The zero-order chi connectivity index (χ0) is 11.3. The van der Waals surface area contributed by atoms with Crippen molar-refractivity contribution in [3.05, 3.63) is 47.5 Å². The van der Waals surface area contributed by atoms with Crippen LogP contribution in [0.15, 0.2) is 30.9 Å². The lowest BCUT2D eigenvalue weighted by Gasteiger charge is -2.16. The lowest BCUT2D eigenvalue weighted by molar-refractivity contribution is 0.565. The van der Waals surface area contributed by atoms with E-state index in [0.29, 0.717) is 6.04 Å². The van der Waals surface area contributed by atoms with E-state index in [2.05, 4.69) is 43.9 Å². The highest BCUT2D eigenvalue weighted by molar-refractivity contribution is 5.31. The fourth-order valence-electron chi connectivity index (χ4n) is 1.79. The molecule has 0 spiro atoms. The average molecular weight is 203 g/mol. The van der Waals surface area contributed by atoms with Gasteiger partial charge in [0.2, 0.25) is 0 Å². The van der Waals surface area contributed by atoms with E-state index in [1.54, 1.807) is 0 Å². The molecule has 0 saturated heterocycles. The number of hydrogen-bond acceptors (Lipinski definition) is 1. The first-order valence-electron chi connectivity index (χ1n) is 5.51. The van der Waals surface area contributed by atoms with Crippen molar-refractivity contribution in [3.63, 3.8) is 0 Å². The van der Waals surface area contributed by atoms with Gasteiger partial charge >= 0.3 is 0 Å². The van der Waals surface area contributed by atoms with Crippen LogP contribution in [0.5, 0.6) is 0 Å². The van der Waals surface area contributed by atoms with Crippen molar-refractivity contribution < 1.29 is 0 Å². The minimum Gasteiger partial charge on any atom is -0.316 e. The topological polar surface area (TPSA) is 12.0 Å². The van der Waals surface area contributed by atoms with Crippen LogP contribution in [0.2, 0.25) is 0 Å². The highest BCUT2D eigenvalue weighted by Gasteiger charge is 2.07. The second kappa shape index (κ2) is 5.72. The summed E-state index contributed by atoms with van der Waals surface area (Å²) in [5.74, 6) is 0. The van der Waals surface area contributed by atoms with Crippen molar-refractivity contribution in [2.24, 2.45) is 0 Å². The number of rotatable bonds is 5. The quantitative estimate of drug-likeness (QED) is 0.725. The first-order valence-corrected chi connectivity index (χ1v) is 5.51. The van der Waals surface area contributed by atoms with Gasteiger partial charge in [-0.1, -0.05) is 29.8 Å². The van der Waals surface area contributed by atoms with Crippen molar-refractivity contribution in [3.8, 4) is 0 Å². The molecule has 1 aromatic carbocycles. The fourth-order valence-corrected chi connectivity index (χ4v) is 1.79. The minimum absolute atomic E-state index is 0.503. The summed E-state index contributed by atoms with van der Waals surface area (Å²) in [6.07, 6.45) is 4.08. The smallest absolute Gasteiger partial charge is 0.0139 e. The molecule has 1 aromatic rings. The van der Waals surface area contributed by atoms with Gasteiger partial charge in [-0.25, -0.2) is 0 Å². The molecular weight excluding hydrogens is 182 g/mol. The monoisotopic (exact) mass is 203 g/mol. The zero-order valence-corrected chi connectivity index (χ0v) is 10.0. The Morgan fingerprint density at radius 2 is 2.13 bits per heavy atom. The van der Waals surface area contributed by atoms with Crippen LogP contribution < -0.4 is 5.32 Å². The van der Waals surface area contributed by atoms with E-state index < -0.39 is 0 Å². The second-order valence-electron chi connectivity index (χ2n) is 4.14. The van der Waals surface area contributed by atoms with Gasteiger partial charge in [0, 0.05) is 6.04 Å². The average Bonchev–Trinajstić information content (AvgIpc) is 2.22. The molecular formula is C14H21N. The van der Waals surface area contributed by atoms with Gasteiger partial charge in [0.05, 0.1) is 0 Å². The third-order valence-corrected chi connectivity index (χ3v) is 2.83. The highest BCUT2D eigenvalue weighted by Crippen LogP contribution is 2.14. The van der Waals surface area contributed by atoms with Crippen molar-refractivity contribution in [2.45, 2.75) is 32.7 Å². The van der Waals surface area contributed by atoms with E-state index in [-0.39, 0.29) is 0 Å². The van der Waals surface area contributed by atoms with Crippen LogP contribution in [0, 0.1) is 13.8 Å². The second-order valence-corrected chi connectivity index (χ2v) is 4.14. The molecule has 0 aliphatic heterocycles. The summed E-state index contributed by atoms with van der Waals surface area (Å²) in [6.45, 7) is 8.11. The van der Waals surface area contributed by atoms with E-state index in [4.69, 9.17) is 0 Å². The van der Waals surface area contributed by atoms with E-state index in [1.165, 1.54) is 16.7 Å². The molecule has 1 rings (SSSR count). The van der Waals surface area contributed by atoms with Crippen molar-refractivity contribution in [1.29, 1.82) is 0 Å². The van der Waals surface area contributed by atoms with Gasteiger partial charge < -0.3 is 5.32 Å². The van der Waals surface area contributed by atoms with Gasteiger partial charge in [-0.3, -0.25) is 0 Å². The predicted molar refractivity (Wildman–Crippen MR) is 67.3 cm³/mol. The van der Waals surface area contributed by atoms with Gasteiger partial charge in [0.15, 0.2) is 0 Å². The minimum atomic E-state index is 0.503. The summed E-state index contributed by atoms with van der Waals surface area (Å²) < 4.78 is 0. The van der Waals surface area contributed by atoms with Gasteiger partial charge in [-0.05, 0) is 44.9 Å². The van der Waals surface area contributed by atoms with Crippen LogP contribution in [0.3, 0.4) is 0 Å². The maximum Gasteiger partial charge on any atom is 0.0139 e. The normalized spacial score (nSPS) is 12.5. The van der Waals surface area contributed by atoms with E-state index >= 15 is 0 Å². The largest absolute Gasteiger partial charge is 0.316 e. The molecule has 1 atom stereocenters. The molecule has 0 amide bonds. The number of aryl methyl sites for hydroxylation is 2. The van der Waals surface area contributed by atoms with Gasteiger partial charge in [0.1, 0.15) is 0 Å². The molecule has 0 saturated carbocycles. The highest BCUT2D eigenvalue weighted by atomic mass is 14.9. The third kappa shape index (κ3) is 3.52. The fraction of sp³-hybridized carbons (Fsp3) is 0.429. The molecule has 1 N–H and O–H groups in total. The summed E-state index contributed by atoms with van der Waals surface area (Å²) in [7, 11) is 2.01. The van der Waals surface area contributed by atoms with Gasteiger partial charge in [-0.2, -0.15) is 0 Å². The Labute approximate surface area is 93.2 Å². The summed E-state index contributed by atoms with van der Waals surface area (Å²) in [4.78, 5) is 0. The van der Waals surface area contributed by atoms with Gasteiger partial charge in [-0.15, -0.1) is 6.58 Å². The molecule has 15 heavy (non-hydrogen) atoms. The maximum absolute atomic E-state index is 3.79. The Morgan fingerprint density at radius 3 is 2.73 bits per heavy atom. The molecule has 0 aliphatic rings. The lowest BCUT2D eigenvalue weighted by atomic mass is 9.97. The summed E-state index contributed by atoms with van der Waals surface area (Å²) in [6, 6.07) is 7.15. The predicted octanol–water partition coefficient (Wildman–Crippen LogP) is 3.01. The lowest BCUT2D eigenvalue weighted by Crippen LogP contribution is -2.27. The van der Waals surface area contributed by atoms with Crippen LogP contribution in [0.4, 0.5) is 0 Å². The number of likely N-dealkylation sites (N-methyl/N-ethyl adjacent to an activating group) is 1. The number of benzene rings is 1. The van der Waals surface area contributed by atoms with Crippen molar-refractivity contribution in [1.82, 2.24) is 5.32 Å². The summed E-state index contributed by atoms with van der Waals surface area (Å²) >= 11 is 0. The van der Waals surface area contributed by atoms with Crippen LogP contribution >= 0.6 is 0 Å². The first kappa shape index (κ1) is 12.0. The molecule has 0 aromatic heterocycles. The van der Waals surface area contributed by atoms with Crippen LogP contribution in [0.25, 0.3) is 0 Å². The summed E-state index contributed by atoms with van der Waals surface area (Å²) in [5, 5.41) is 3.33. The SMILES string of the molecule is C=CCC(Cc1cc(C)ccc1C)NC. The Balaban J connectivity index is 2.77.